The molecule has 1 aromatic rings. The molecule has 4 nitrogen and oxygen atoms in total. The molecular formula is C17H23FN2O2. The van der Waals surface area contributed by atoms with Crippen LogP contribution < -0.4 is 5.73 Å². The number of primary amides is 1. The number of alkyl halides is 1. The van der Waals surface area contributed by atoms with Crippen molar-refractivity contribution in [1.29, 1.82) is 0 Å². The van der Waals surface area contributed by atoms with E-state index in [1.165, 1.54) is 0 Å². The third-order valence-corrected chi connectivity index (χ3v) is 4.83. The number of carbonyl (C=O) groups excluding carboxylic acids is 1. The van der Waals surface area contributed by atoms with Crippen molar-refractivity contribution in [2.24, 2.45) is 5.73 Å². The van der Waals surface area contributed by atoms with Crippen LogP contribution in [0.3, 0.4) is 0 Å². The number of nitrogens with zero attached hydrogens (tertiary/aromatic N) is 1. The van der Waals surface area contributed by atoms with Crippen LogP contribution in [0.25, 0.3) is 0 Å². The lowest BCUT2D eigenvalue weighted by Gasteiger charge is -2.38. The third-order valence-electron chi connectivity index (χ3n) is 4.83. The highest BCUT2D eigenvalue weighted by molar-refractivity contribution is 5.83. The zero-order chi connectivity index (χ0) is 15.6. The molecule has 1 aromatic carbocycles. The normalized spacial score (nSPS) is 30.0. The number of ether oxygens (including phenoxy) is 1. The van der Waals surface area contributed by atoms with Gasteiger partial charge in [-0.05, 0) is 18.4 Å². The van der Waals surface area contributed by atoms with Gasteiger partial charge in [0.25, 0.3) is 5.91 Å². The van der Waals surface area contributed by atoms with E-state index in [1.54, 1.807) is 0 Å². The van der Waals surface area contributed by atoms with Crippen molar-refractivity contribution in [2.45, 2.75) is 56.6 Å². The predicted molar refractivity (Wildman–Crippen MR) is 81.6 cm³/mol. The molecule has 1 amide bonds. The van der Waals surface area contributed by atoms with E-state index in [-0.39, 0.29) is 25.6 Å². The summed E-state index contributed by atoms with van der Waals surface area (Å²) in [6.07, 6.45) is 3.17. The number of nitrogens with two attached hydrogens (primary N) is 1. The number of likely N-dealkylation sites (tertiary alicyclic amines) is 1. The van der Waals surface area contributed by atoms with Crippen LogP contribution in [0.2, 0.25) is 0 Å². The first-order chi connectivity index (χ1) is 10.6. The van der Waals surface area contributed by atoms with Crippen molar-refractivity contribution in [3.05, 3.63) is 35.9 Å². The molecule has 0 spiro atoms. The summed E-state index contributed by atoms with van der Waals surface area (Å²) in [6.45, 7) is 0.502. The van der Waals surface area contributed by atoms with E-state index in [9.17, 15) is 9.18 Å². The Morgan fingerprint density at radius 3 is 2.64 bits per heavy atom. The van der Waals surface area contributed by atoms with E-state index >= 15 is 0 Å². The first-order valence-electron chi connectivity index (χ1n) is 8.00. The molecule has 0 aromatic heterocycles. The summed E-state index contributed by atoms with van der Waals surface area (Å²) in [6, 6.07) is 9.80. The second kappa shape index (κ2) is 6.34. The van der Waals surface area contributed by atoms with Gasteiger partial charge < -0.3 is 10.5 Å². The molecule has 2 fully saturated rings. The third kappa shape index (κ3) is 2.88. The van der Waals surface area contributed by atoms with Gasteiger partial charge in [0.1, 0.15) is 6.17 Å². The topological polar surface area (TPSA) is 55.6 Å². The van der Waals surface area contributed by atoms with E-state index in [0.29, 0.717) is 0 Å². The summed E-state index contributed by atoms with van der Waals surface area (Å²) < 4.78 is 20.0. The van der Waals surface area contributed by atoms with Crippen molar-refractivity contribution >= 4 is 5.91 Å². The summed E-state index contributed by atoms with van der Waals surface area (Å²) in [5, 5.41) is 0. The number of amides is 1. The molecule has 1 aliphatic carbocycles. The molecule has 120 valence electrons. The van der Waals surface area contributed by atoms with Crippen molar-refractivity contribution in [1.82, 2.24) is 4.90 Å². The molecule has 0 radical (unpaired) electrons. The lowest BCUT2D eigenvalue weighted by molar-refractivity contribution is -0.178. The SMILES string of the molecule is NC(=O)C1(OCc2ccccc2)CC(F)CN1C1CCCC1. The van der Waals surface area contributed by atoms with Crippen LogP contribution in [0.4, 0.5) is 4.39 Å². The van der Waals surface area contributed by atoms with Crippen LogP contribution in [-0.2, 0) is 16.1 Å². The molecule has 1 saturated heterocycles. The zero-order valence-electron chi connectivity index (χ0n) is 12.7. The van der Waals surface area contributed by atoms with E-state index in [1.807, 2.05) is 35.2 Å². The van der Waals surface area contributed by atoms with Crippen LogP contribution in [0.1, 0.15) is 37.7 Å². The summed E-state index contributed by atoms with van der Waals surface area (Å²) >= 11 is 0. The minimum absolute atomic E-state index is 0.0334. The lowest BCUT2D eigenvalue weighted by Crippen LogP contribution is -2.58. The molecule has 0 bridgehead atoms. The van der Waals surface area contributed by atoms with Gasteiger partial charge in [-0.15, -0.1) is 0 Å². The maximum atomic E-state index is 14.1. The Morgan fingerprint density at radius 2 is 2.00 bits per heavy atom. The summed E-state index contributed by atoms with van der Waals surface area (Å²) in [4.78, 5) is 14.0. The summed E-state index contributed by atoms with van der Waals surface area (Å²) in [5.41, 5.74) is 5.30. The fourth-order valence-electron chi connectivity index (χ4n) is 3.73. The maximum absolute atomic E-state index is 14.1. The van der Waals surface area contributed by atoms with Crippen molar-refractivity contribution < 1.29 is 13.9 Å². The highest BCUT2D eigenvalue weighted by Crippen LogP contribution is 2.39. The number of halogens is 1. The Morgan fingerprint density at radius 1 is 1.32 bits per heavy atom. The Bertz CT molecular complexity index is 519. The highest BCUT2D eigenvalue weighted by atomic mass is 19.1. The van der Waals surface area contributed by atoms with Gasteiger partial charge in [-0.3, -0.25) is 9.69 Å². The second-order valence-corrected chi connectivity index (χ2v) is 6.31. The Labute approximate surface area is 130 Å². The number of hydrogen-bond acceptors (Lipinski definition) is 3. The predicted octanol–water partition coefficient (Wildman–Crippen LogP) is 2.37. The Kier molecular flexibility index (Phi) is 4.45. The lowest BCUT2D eigenvalue weighted by atomic mass is 10.1. The van der Waals surface area contributed by atoms with E-state index < -0.39 is 17.8 Å². The van der Waals surface area contributed by atoms with Gasteiger partial charge in [-0.2, -0.15) is 0 Å². The number of benzene rings is 1. The molecular weight excluding hydrogens is 283 g/mol. The van der Waals surface area contributed by atoms with Crippen LogP contribution >= 0.6 is 0 Å². The van der Waals surface area contributed by atoms with E-state index in [2.05, 4.69) is 0 Å². The van der Waals surface area contributed by atoms with Crippen molar-refractivity contribution in [2.75, 3.05) is 6.54 Å². The van der Waals surface area contributed by atoms with Gasteiger partial charge in [-0.25, -0.2) is 4.39 Å². The van der Waals surface area contributed by atoms with Crippen LogP contribution in [0.15, 0.2) is 30.3 Å². The number of hydrogen-bond donors (Lipinski definition) is 1. The monoisotopic (exact) mass is 306 g/mol. The fraction of sp³-hybridized carbons (Fsp3) is 0.588. The average molecular weight is 306 g/mol. The van der Waals surface area contributed by atoms with Crippen LogP contribution in [0, 0.1) is 0 Å². The number of carbonyl (C=O) groups is 1. The molecule has 2 unspecified atom stereocenters. The van der Waals surface area contributed by atoms with Gasteiger partial charge in [0, 0.05) is 19.0 Å². The zero-order valence-corrected chi connectivity index (χ0v) is 12.7. The molecule has 2 N–H and O–H groups in total. The van der Waals surface area contributed by atoms with E-state index in [0.717, 1.165) is 31.2 Å². The van der Waals surface area contributed by atoms with Gasteiger partial charge in [0.2, 0.25) is 5.72 Å². The van der Waals surface area contributed by atoms with Crippen molar-refractivity contribution in [3.63, 3.8) is 0 Å². The smallest absolute Gasteiger partial charge is 0.265 e. The molecule has 2 aliphatic rings. The van der Waals surface area contributed by atoms with Gasteiger partial charge in [0.05, 0.1) is 6.61 Å². The van der Waals surface area contributed by atoms with Gasteiger partial charge >= 0.3 is 0 Å². The minimum Gasteiger partial charge on any atom is -0.366 e. The second-order valence-electron chi connectivity index (χ2n) is 6.31. The quantitative estimate of drug-likeness (QED) is 0.908. The summed E-state index contributed by atoms with van der Waals surface area (Å²) in [5.74, 6) is -0.574. The maximum Gasteiger partial charge on any atom is 0.265 e. The average Bonchev–Trinajstić information content (AvgIpc) is 3.14. The molecule has 2 atom stereocenters. The first-order valence-corrected chi connectivity index (χ1v) is 8.00. The molecule has 1 aliphatic heterocycles. The number of rotatable bonds is 5. The minimum atomic E-state index is -1.30. The molecule has 3 rings (SSSR count). The summed E-state index contributed by atoms with van der Waals surface area (Å²) in [7, 11) is 0. The molecule has 1 saturated carbocycles. The Hall–Kier alpha value is -1.46. The molecule has 1 heterocycles. The fourth-order valence-corrected chi connectivity index (χ4v) is 3.73. The Balaban J connectivity index is 1.80. The largest absolute Gasteiger partial charge is 0.366 e. The highest BCUT2D eigenvalue weighted by Gasteiger charge is 2.54. The van der Waals surface area contributed by atoms with Gasteiger partial charge in [-0.1, -0.05) is 43.2 Å². The first kappa shape index (κ1) is 15.4. The van der Waals surface area contributed by atoms with Crippen LogP contribution in [0.5, 0.6) is 0 Å². The molecule has 22 heavy (non-hydrogen) atoms. The van der Waals surface area contributed by atoms with Crippen molar-refractivity contribution in [3.8, 4) is 0 Å². The standard InChI is InChI=1S/C17H23FN2O2/c18-14-10-17(16(19)21,20(11-14)15-8-4-5-9-15)22-12-13-6-2-1-3-7-13/h1-3,6-7,14-15H,4-5,8-12H2,(H2,19,21). The van der Waals surface area contributed by atoms with Gasteiger partial charge in [0.15, 0.2) is 0 Å². The van der Waals surface area contributed by atoms with E-state index in [4.69, 9.17) is 10.5 Å². The van der Waals surface area contributed by atoms with Crippen LogP contribution in [-0.4, -0.2) is 35.3 Å². The molecule has 5 heteroatoms.